The molecule has 94 valence electrons. The normalized spacial score (nSPS) is 42.1. The van der Waals surface area contributed by atoms with E-state index in [1.165, 1.54) is 0 Å². The van der Waals surface area contributed by atoms with Crippen molar-refractivity contribution in [2.45, 2.75) is 51.1 Å². The summed E-state index contributed by atoms with van der Waals surface area (Å²) in [7, 11) is 0. The van der Waals surface area contributed by atoms with E-state index in [9.17, 15) is 9.59 Å². The highest BCUT2D eigenvalue weighted by molar-refractivity contribution is 5.94. The topological polar surface area (TPSA) is 49.4 Å². The van der Waals surface area contributed by atoms with Crippen LogP contribution in [-0.4, -0.2) is 34.8 Å². The van der Waals surface area contributed by atoms with Gasteiger partial charge >= 0.3 is 0 Å². The fraction of sp³-hybridized carbons (Fsp3) is 0.846. The molecule has 3 aliphatic rings. The van der Waals surface area contributed by atoms with E-state index in [4.69, 9.17) is 0 Å². The largest absolute Gasteiger partial charge is 0.342 e. The second kappa shape index (κ2) is 3.47. The lowest BCUT2D eigenvalue weighted by molar-refractivity contribution is -0.139. The van der Waals surface area contributed by atoms with Crippen molar-refractivity contribution in [1.29, 1.82) is 0 Å². The molecule has 1 heterocycles. The van der Waals surface area contributed by atoms with Crippen molar-refractivity contribution in [3.63, 3.8) is 0 Å². The summed E-state index contributed by atoms with van der Waals surface area (Å²) in [6, 6.07) is 0.383. The third-order valence-electron chi connectivity index (χ3n) is 4.55. The number of carbonyl (C=O) groups is 2. The summed E-state index contributed by atoms with van der Waals surface area (Å²) in [6.45, 7) is 4.69. The van der Waals surface area contributed by atoms with Crippen LogP contribution >= 0.6 is 0 Å². The highest BCUT2D eigenvalue weighted by Crippen LogP contribution is 2.44. The van der Waals surface area contributed by atoms with Crippen molar-refractivity contribution < 1.29 is 9.59 Å². The monoisotopic (exact) mass is 236 g/mol. The fourth-order valence-corrected chi connectivity index (χ4v) is 3.02. The van der Waals surface area contributed by atoms with Crippen molar-refractivity contribution in [3.8, 4) is 0 Å². The summed E-state index contributed by atoms with van der Waals surface area (Å²) in [5.41, 5.74) is -0.629. The van der Waals surface area contributed by atoms with Crippen LogP contribution in [0.25, 0.3) is 0 Å². The van der Waals surface area contributed by atoms with Crippen LogP contribution in [0.4, 0.5) is 0 Å². The third-order valence-corrected chi connectivity index (χ3v) is 4.55. The van der Waals surface area contributed by atoms with E-state index in [0.717, 1.165) is 19.3 Å². The minimum Gasteiger partial charge on any atom is -0.342 e. The van der Waals surface area contributed by atoms with Crippen LogP contribution in [-0.2, 0) is 9.59 Å². The molecule has 3 fully saturated rings. The maximum Gasteiger partial charge on any atom is 0.248 e. The maximum absolute atomic E-state index is 12.6. The van der Waals surface area contributed by atoms with Gasteiger partial charge in [0.2, 0.25) is 11.8 Å². The molecule has 1 N–H and O–H groups in total. The summed E-state index contributed by atoms with van der Waals surface area (Å²) in [5.74, 6) is 1.15. The molecular formula is C13H20N2O2. The Labute approximate surface area is 102 Å². The van der Waals surface area contributed by atoms with Gasteiger partial charge in [0, 0.05) is 19.0 Å². The number of hydrogen-bond acceptors (Lipinski definition) is 2. The Hall–Kier alpha value is -1.06. The minimum atomic E-state index is -0.629. The van der Waals surface area contributed by atoms with Crippen LogP contribution in [0.3, 0.4) is 0 Å². The second-order valence-electron chi connectivity index (χ2n) is 6.05. The van der Waals surface area contributed by atoms with Gasteiger partial charge in [0.05, 0.1) is 0 Å². The Kier molecular flexibility index (Phi) is 2.25. The van der Waals surface area contributed by atoms with Gasteiger partial charge in [-0.3, -0.25) is 9.59 Å². The zero-order valence-corrected chi connectivity index (χ0v) is 10.5. The van der Waals surface area contributed by atoms with E-state index in [2.05, 4.69) is 12.2 Å². The molecule has 1 saturated heterocycles. The van der Waals surface area contributed by atoms with Crippen molar-refractivity contribution in [3.05, 3.63) is 0 Å². The zero-order valence-electron chi connectivity index (χ0n) is 10.5. The quantitative estimate of drug-likeness (QED) is 0.775. The van der Waals surface area contributed by atoms with E-state index in [1.807, 2.05) is 11.8 Å². The van der Waals surface area contributed by atoms with Gasteiger partial charge in [0.1, 0.15) is 5.54 Å². The molecule has 3 rings (SSSR count). The van der Waals surface area contributed by atoms with Crippen LogP contribution < -0.4 is 5.32 Å². The average Bonchev–Trinajstić information content (AvgIpc) is 3.11. The maximum atomic E-state index is 12.6. The molecule has 0 aromatic rings. The van der Waals surface area contributed by atoms with Crippen molar-refractivity contribution in [2.24, 2.45) is 11.8 Å². The highest BCUT2D eigenvalue weighted by Gasteiger charge is 2.54. The van der Waals surface area contributed by atoms with Gasteiger partial charge in [-0.1, -0.05) is 6.92 Å². The number of rotatable bonds is 2. The summed E-state index contributed by atoms with van der Waals surface area (Å²) in [5, 5.41) is 2.96. The lowest BCUT2D eigenvalue weighted by atomic mass is 9.94. The molecule has 17 heavy (non-hydrogen) atoms. The molecular weight excluding hydrogens is 216 g/mol. The lowest BCUT2D eigenvalue weighted by Crippen LogP contribution is -2.57. The molecule has 1 aliphatic heterocycles. The first-order chi connectivity index (χ1) is 8.02. The van der Waals surface area contributed by atoms with E-state index in [1.54, 1.807) is 0 Å². The van der Waals surface area contributed by atoms with Crippen LogP contribution in [0.15, 0.2) is 0 Å². The lowest BCUT2D eigenvalue weighted by Gasteiger charge is -2.32. The molecule has 2 saturated carbocycles. The Morgan fingerprint density at radius 1 is 1.35 bits per heavy atom. The first-order valence-corrected chi connectivity index (χ1v) is 6.64. The molecule has 2 aliphatic carbocycles. The fourth-order valence-electron chi connectivity index (χ4n) is 3.02. The molecule has 4 heteroatoms. The Bertz CT molecular complexity index is 378. The number of carbonyl (C=O) groups excluding carboxylic acids is 2. The first-order valence-electron chi connectivity index (χ1n) is 6.64. The van der Waals surface area contributed by atoms with Crippen molar-refractivity contribution in [1.82, 2.24) is 10.2 Å². The SMILES string of the molecule is CC1CC1N1CCC(=O)NC(C)(C2CC2)C1=O. The summed E-state index contributed by atoms with van der Waals surface area (Å²) in [6.07, 6.45) is 3.69. The summed E-state index contributed by atoms with van der Waals surface area (Å²) >= 11 is 0. The van der Waals surface area contributed by atoms with Gasteiger partial charge in [-0.05, 0) is 38.0 Å². The molecule has 3 unspecified atom stereocenters. The van der Waals surface area contributed by atoms with Crippen LogP contribution in [0.2, 0.25) is 0 Å². The van der Waals surface area contributed by atoms with Crippen LogP contribution in [0.1, 0.15) is 39.5 Å². The van der Waals surface area contributed by atoms with Gasteiger partial charge in [-0.2, -0.15) is 0 Å². The van der Waals surface area contributed by atoms with E-state index in [-0.39, 0.29) is 11.8 Å². The Balaban J connectivity index is 1.86. The van der Waals surface area contributed by atoms with Gasteiger partial charge < -0.3 is 10.2 Å². The third kappa shape index (κ3) is 1.74. The molecule has 4 nitrogen and oxygen atoms in total. The van der Waals surface area contributed by atoms with Gasteiger partial charge in [-0.25, -0.2) is 0 Å². The Morgan fingerprint density at radius 2 is 2.00 bits per heavy atom. The molecule has 0 bridgehead atoms. The average molecular weight is 236 g/mol. The predicted octanol–water partition coefficient (Wildman–Crippen LogP) is 0.912. The van der Waals surface area contributed by atoms with E-state index in [0.29, 0.717) is 30.8 Å². The molecule has 3 atom stereocenters. The minimum absolute atomic E-state index is 0.0311. The van der Waals surface area contributed by atoms with Crippen molar-refractivity contribution >= 4 is 11.8 Å². The summed E-state index contributed by atoms with van der Waals surface area (Å²) in [4.78, 5) is 26.3. The number of amides is 2. The molecule has 0 radical (unpaired) electrons. The zero-order chi connectivity index (χ0) is 12.2. The molecule has 0 aromatic heterocycles. The molecule has 0 aromatic carbocycles. The second-order valence-corrected chi connectivity index (χ2v) is 6.05. The van der Waals surface area contributed by atoms with E-state index < -0.39 is 5.54 Å². The van der Waals surface area contributed by atoms with Gasteiger partial charge in [0.25, 0.3) is 0 Å². The smallest absolute Gasteiger partial charge is 0.248 e. The first kappa shape index (κ1) is 11.1. The van der Waals surface area contributed by atoms with E-state index >= 15 is 0 Å². The number of nitrogens with one attached hydrogen (secondary N) is 1. The standard InChI is InChI=1S/C13H20N2O2/c1-8-7-10(8)15-6-5-11(16)14-13(2,12(15)17)9-3-4-9/h8-10H,3-7H2,1-2H3,(H,14,16). The van der Waals surface area contributed by atoms with Crippen LogP contribution in [0, 0.1) is 11.8 Å². The van der Waals surface area contributed by atoms with Crippen LogP contribution in [0.5, 0.6) is 0 Å². The molecule has 2 amide bonds. The van der Waals surface area contributed by atoms with Gasteiger partial charge in [0.15, 0.2) is 0 Å². The molecule has 0 spiro atoms. The number of nitrogens with zero attached hydrogens (tertiary/aromatic N) is 1. The van der Waals surface area contributed by atoms with Gasteiger partial charge in [-0.15, -0.1) is 0 Å². The highest BCUT2D eigenvalue weighted by atomic mass is 16.2. The number of hydrogen-bond donors (Lipinski definition) is 1. The summed E-state index contributed by atoms with van der Waals surface area (Å²) < 4.78 is 0. The predicted molar refractivity (Wildman–Crippen MR) is 63.2 cm³/mol. The Morgan fingerprint density at radius 3 is 2.53 bits per heavy atom. The van der Waals surface area contributed by atoms with Crippen molar-refractivity contribution in [2.75, 3.05) is 6.54 Å².